The molecule has 0 bridgehead atoms. The van der Waals surface area contributed by atoms with Gasteiger partial charge in [0.2, 0.25) is 0 Å². The van der Waals surface area contributed by atoms with Crippen LogP contribution in [0.2, 0.25) is 0 Å². The van der Waals surface area contributed by atoms with E-state index in [9.17, 15) is 0 Å². The predicted molar refractivity (Wildman–Crippen MR) is 137 cm³/mol. The molecule has 0 amide bonds. The molecule has 2 aromatic carbocycles. The number of hydrogen-bond donors (Lipinski definition) is 2. The second-order valence-corrected chi connectivity index (χ2v) is 7.72. The van der Waals surface area contributed by atoms with Gasteiger partial charge in [0.15, 0.2) is 5.96 Å². The molecule has 164 valence electrons. The van der Waals surface area contributed by atoms with E-state index in [1.807, 2.05) is 24.0 Å². The van der Waals surface area contributed by atoms with E-state index in [0.717, 1.165) is 50.7 Å². The van der Waals surface area contributed by atoms with Gasteiger partial charge >= 0.3 is 0 Å². The summed E-state index contributed by atoms with van der Waals surface area (Å²) in [4.78, 5) is 6.94. The smallest absolute Gasteiger partial charge is 0.191 e. The Bertz CT molecular complexity index is 916. The van der Waals surface area contributed by atoms with Crippen LogP contribution in [0.5, 0.6) is 0 Å². The van der Waals surface area contributed by atoms with Gasteiger partial charge in [0, 0.05) is 51.7 Å². The summed E-state index contributed by atoms with van der Waals surface area (Å²) in [6.45, 7) is 4.00. The molecule has 0 aliphatic carbocycles. The van der Waals surface area contributed by atoms with Gasteiger partial charge in [-0.3, -0.25) is 9.89 Å². The summed E-state index contributed by atoms with van der Waals surface area (Å²) in [6.07, 6.45) is 6.00. The first-order valence-corrected chi connectivity index (χ1v) is 10.6. The Balaban J connectivity index is 0.00000272. The summed E-state index contributed by atoms with van der Waals surface area (Å²) in [5, 5.41) is 11.3. The van der Waals surface area contributed by atoms with Crippen molar-refractivity contribution < 1.29 is 0 Å². The molecule has 1 saturated heterocycles. The fraction of sp³-hybridized carbons (Fsp3) is 0.333. The fourth-order valence-electron chi connectivity index (χ4n) is 3.84. The van der Waals surface area contributed by atoms with Gasteiger partial charge < -0.3 is 10.6 Å². The number of piperidine rings is 1. The molecule has 1 aliphatic rings. The van der Waals surface area contributed by atoms with Crippen molar-refractivity contribution in [1.82, 2.24) is 25.3 Å². The highest BCUT2D eigenvalue weighted by Crippen LogP contribution is 2.14. The van der Waals surface area contributed by atoms with E-state index in [0.29, 0.717) is 6.04 Å². The van der Waals surface area contributed by atoms with Gasteiger partial charge in [0.05, 0.1) is 5.69 Å². The lowest BCUT2D eigenvalue weighted by Crippen LogP contribution is -2.48. The minimum Gasteiger partial charge on any atom is -0.354 e. The van der Waals surface area contributed by atoms with Crippen LogP contribution in [0.3, 0.4) is 0 Å². The Morgan fingerprint density at radius 3 is 2.39 bits per heavy atom. The Morgan fingerprint density at radius 2 is 1.74 bits per heavy atom. The summed E-state index contributed by atoms with van der Waals surface area (Å²) in [5.74, 6) is 0.868. The Morgan fingerprint density at radius 1 is 1.00 bits per heavy atom. The molecule has 0 spiro atoms. The predicted octanol–water partition coefficient (Wildman–Crippen LogP) is 3.82. The van der Waals surface area contributed by atoms with E-state index in [-0.39, 0.29) is 24.0 Å². The van der Waals surface area contributed by atoms with Gasteiger partial charge in [0.1, 0.15) is 0 Å². The normalized spacial score (nSPS) is 15.3. The average Bonchev–Trinajstić information content (AvgIpc) is 3.34. The van der Waals surface area contributed by atoms with E-state index in [1.54, 1.807) is 6.20 Å². The maximum Gasteiger partial charge on any atom is 0.191 e. The van der Waals surface area contributed by atoms with Crippen molar-refractivity contribution in [1.29, 1.82) is 0 Å². The molecule has 6 nitrogen and oxygen atoms in total. The van der Waals surface area contributed by atoms with Crippen molar-refractivity contribution in [3.05, 3.63) is 84.2 Å². The number of rotatable bonds is 6. The number of guanidine groups is 1. The number of likely N-dealkylation sites (tertiary alicyclic amines) is 1. The van der Waals surface area contributed by atoms with Gasteiger partial charge in [-0.25, -0.2) is 4.68 Å². The number of nitrogens with one attached hydrogen (secondary N) is 2. The molecule has 7 heteroatoms. The standard InChI is InChI=1S/C24H30N6.HI/c1-25-24(26-18-20-8-10-23(11-9-20)30-15-5-14-27-30)28-22-12-16-29(17-13-22)19-21-6-3-2-4-7-21;/h2-11,14-15,22H,12-13,16-19H2,1H3,(H2,25,26,28);1H. The zero-order valence-electron chi connectivity index (χ0n) is 17.9. The lowest BCUT2D eigenvalue weighted by Gasteiger charge is -2.33. The van der Waals surface area contributed by atoms with Crippen LogP contribution in [0.15, 0.2) is 78.0 Å². The molecular formula is C24H31IN6. The van der Waals surface area contributed by atoms with Crippen LogP contribution in [0, 0.1) is 0 Å². The third-order valence-corrected chi connectivity index (χ3v) is 5.57. The molecule has 4 rings (SSSR count). The molecule has 0 atom stereocenters. The molecule has 0 radical (unpaired) electrons. The molecule has 31 heavy (non-hydrogen) atoms. The summed E-state index contributed by atoms with van der Waals surface area (Å²) in [5.41, 5.74) is 3.67. The Hall–Kier alpha value is -2.39. The van der Waals surface area contributed by atoms with Gasteiger partial charge in [-0.05, 0) is 42.2 Å². The monoisotopic (exact) mass is 530 g/mol. The van der Waals surface area contributed by atoms with Crippen LogP contribution in [0.25, 0.3) is 5.69 Å². The molecule has 1 aliphatic heterocycles. The fourth-order valence-corrected chi connectivity index (χ4v) is 3.84. The third-order valence-electron chi connectivity index (χ3n) is 5.57. The number of aromatic nitrogens is 2. The van der Waals surface area contributed by atoms with Crippen molar-refractivity contribution in [2.75, 3.05) is 20.1 Å². The number of benzene rings is 2. The minimum absolute atomic E-state index is 0. The first-order valence-electron chi connectivity index (χ1n) is 10.6. The van der Waals surface area contributed by atoms with Crippen molar-refractivity contribution in [3.8, 4) is 5.69 Å². The molecule has 1 aromatic heterocycles. The summed E-state index contributed by atoms with van der Waals surface area (Å²) in [7, 11) is 1.83. The van der Waals surface area contributed by atoms with Crippen LogP contribution in [-0.4, -0.2) is 46.8 Å². The third kappa shape index (κ3) is 6.80. The quantitative estimate of drug-likeness (QED) is 0.289. The van der Waals surface area contributed by atoms with Crippen LogP contribution in [0.4, 0.5) is 0 Å². The zero-order valence-corrected chi connectivity index (χ0v) is 20.3. The topological polar surface area (TPSA) is 57.5 Å². The largest absolute Gasteiger partial charge is 0.354 e. The van der Waals surface area contributed by atoms with Gasteiger partial charge in [0.25, 0.3) is 0 Å². The number of hydrogen-bond acceptors (Lipinski definition) is 3. The summed E-state index contributed by atoms with van der Waals surface area (Å²) < 4.78 is 1.86. The molecular weight excluding hydrogens is 499 g/mol. The highest BCUT2D eigenvalue weighted by atomic mass is 127. The van der Waals surface area contributed by atoms with Gasteiger partial charge in [-0.1, -0.05) is 42.5 Å². The van der Waals surface area contributed by atoms with Crippen LogP contribution >= 0.6 is 24.0 Å². The highest BCUT2D eigenvalue weighted by molar-refractivity contribution is 14.0. The first kappa shape index (κ1) is 23.3. The van der Waals surface area contributed by atoms with E-state index in [2.05, 4.69) is 80.2 Å². The van der Waals surface area contributed by atoms with Gasteiger partial charge in [-0.15, -0.1) is 24.0 Å². The summed E-state index contributed by atoms with van der Waals surface area (Å²) >= 11 is 0. The maximum absolute atomic E-state index is 4.41. The Kier molecular flexibility index (Phi) is 8.90. The molecule has 0 unspecified atom stereocenters. The van der Waals surface area contributed by atoms with Crippen molar-refractivity contribution >= 4 is 29.9 Å². The van der Waals surface area contributed by atoms with Crippen molar-refractivity contribution in [2.24, 2.45) is 4.99 Å². The molecule has 2 N–H and O–H groups in total. The van der Waals surface area contributed by atoms with Gasteiger partial charge in [-0.2, -0.15) is 5.10 Å². The molecule has 3 aromatic rings. The van der Waals surface area contributed by atoms with Crippen LogP contribution < -0.4 is 10.6 Å². The lowest BCUT2D eigenvalue weighted by molar-refractivity contribution is 0.198. The van der Waals surface area contributed by atoms with E-state index in [4.69, 9.17) is 0 Å². The SMILES string of the molecule is CN=C(NCc1ccc(-n2cccn2)cc1)NC1CCN(Cc2ccccc2)CC1.I. The second-order valence-electron chi connectivity index (χ2n) is 7.72. The average molecular weight is 530 g/mol. The van der Waals surface area contributed by atoms with E-state index < -0.39 is 0 Å². The first-order chi connectivity index (χ1) is 14.8. The number of nitrogens with zero attached hydrogens (tertiary/aromatic N) is 4. The van der Waals surface area contributed by atoms with Crippen molar-refractivity contribution in [2.45, 2.75) is 32.0 Å². The maximum atomic E-state index is 4.41. The summed E-state index contributed by atoms with van der Waals surface area (Å²) in [6, 6.07) is 21.5. The molecule has 0 saturated carbocycles. The second kappa shape index (κ2) is 11.9. The van der Waals surface area contributed by atoms with Crippen LogP contribution in [-0.2, 0) is 13.1 Å². The minimum atomic E-state index is 0. The van der Waals surface area contributed by atoms with Crippen molar-refractivity contribution in [3.63, 3.8) is 0 Å². The molecule has 1 fully saturated rings. The zero-order chi connectivity index (χ0) is 20.6. The lowest BCUT2D eigenvalue weighted by atomic mass is 10.0. The highest BCUT2D eigenvalue weighted by Gasteiger charge is 2.20. The van der Waals surface area contributed by atoms with E-state index in [1.165, 1.54) is 11.1 Å². The van der Waals surface area contributed by atoms with Crippen LogP contribution in [0.1, 0.15) is 24.0 Å². The molecule has 2 heterocycles. The number of halogens is 1. The number of aliphatic imine (C=N–C) groups is 1. The Labute approximate surface area is 201 Å². The van der Waals surface area contributed by atoms with E-state index >= 15 is 0 Å².